The normalized spacial score (nSPS) is 19.1. The molecule has 2 aromatic rings. The zero-order chi connectivity index (χ0) is 24.5. The smallest absolute Gasteiger partial charge is 0.267 e. The molecule has 1 N–H and O–H groups in total. The fourth-order valence-corrected chi connectivity index (χ4v) is 5.42. The van der Waals surface area contributed by atoms with Gasteiger partial charge in [0.05, 0.1) is 18.4 Å². The van der Waals surface area contributed by atoms with Crippen LogP contribution < -0.4 is 9.46 Å². The first-order valence-corrected chi connectivity index (χ1v) is 13.9. The third kappa shape index (κ3) is 6.84. The van der Waals surface area contributed by atoms with Crippen LogP contribution in [0, 0.1) is 11.7 Å². The second-order valence-electron chi connectivity index (χ2n) is 9.18. The summed E-state index contributed by atoms with van der Waals surface area (Å²) in [4.78, 5) is 14.6. The van der Waals surface area contributed by atoms with Gasteiger partial charge in [0.1, 0.15) is 11.6 Å². The minimum absolute atomic E-state index is 0.191. The Labute approximate surface area is 209 Å². The molecule has 1 saturated carbocycles. The summed E-state index contributed by atoms with van der Waals surface area (Å²) in [6, 6.07) is 8.18. The van der Waals surface area contributed by atoms with E-state index in [2.05, 4.69) is 4.90 Å². The molecule has 0 bridgehead atoms. The van der Waals surface area contributed by atoms with Crippen LogP contribution in [0.15, 0.2) is 30.3 Å². The lowest BCUT2D eigenvalue weighted by Gasteiger charge is -2.33. The molecule has 1 aliphatic carbocycles. The maximum Gasteiger partial charge on any atom is 0.267 e. The van der Waals surface area contributed by atoms with Crippen LogP contribution >= 0.6 is 23.2 Å². The Morgan fingerprint density at radius 2 is 1.85 bits per heavy atom. The second-order valence-corrected chi connectivity index (χ2v) is 11.8. The van der Waals surface area contributed by atoms with Crippen molar-refractivity contribution < 1.29 is 22.3 Å². The highest BCUT2D eigenvalue weighted by Gasteiger charge is 2.30. The Kier molecular flexibility index (Phi) is 7.72. The molecule has 1 heterocycles. The molecule has 1 aliphatic heterocycles. The van der Waals surface area contributed by atoms with Gasteiger partial charge in [-0.3, -0.25) is 9.69 Å². The number of carbonyl (C=O) groups excluding carboxylic acids is 1. The molecule has 2 aliphatic rings. The van der Waals surface area contributed by atoms with E-state index < -0.39 is 21.7 Å². The van der Waals surface area contributed by atoms with E-state index in [1.807, 2.05) is 16.9 Å². The molecule has 1 amide bonds. The predicted molar refractivity (Wildman–Crippen MR) is 131 cm³/mol. The van der Waals surface area contributed by atoms with Crippen LogP contribution in [0.5, 0.6) is 5.75 Å². The number of likely N-dealkylation sites (tertiary alicyclic amines) is 1. The lowest BCUT2D eigenvalue weighted by Crippen LogP contribution is -2.37. The van der Waals surface area contributed by atoms with E-state index in [1.165, 1.54) is 12.1 Å². The number of sulfonamides is 1. The van der Waals surface area contributed by atoms with Gasteiger partial charge < -0.3 is 4.74 Å². The number of benzene rings is 2. The first-order valence-electron chi connectivity index (χ1n) is 11.2. The van der Waals surface area contributed by atoms with Gasteiger partial charge in [-0.1, -0.05) is 23.2 Å². The number of halogens is 3. The Balaban J connectivity index is 1.42. The summed E-state index contributed by atoms with van der Waals surface area (Å²) in [5.74, 6) is -0.890. The minimum atomic E-state index is -3.79. The number of carbonyl (C=O) groups is 1. The van der Waals surface area contributed by atoms with Crippen molar-refractivity contribution in [1.29, 1.82) is 0 Å². The molecular weight excluding hydrogens is 502 g/mol. The lowest BCUT2D eigenvalue weighted by atomic mass is 9.98. The van der Waals surface area contributed by atoms with Gasteiger partial charge in [0.25, 0.3) is 5.91 Å². The zero-order valence-electron chi connectivity index (χ0n) is 18.8. The summed E-state index contributed by atoms with van der Waals surface area (Å²) in [6.45, 7) is 2.97. The molecule has 1 atom stereocenters. The van der Waals surface area contributed by atoms with E-state index in [1.54, 1.807) is 6.07 Å². The molecule has 0 radical (unpaired) electrons. The average molecular weight is 529 g/mol. The molecule has 4 rings (SSSR count). The molecule has 6 nitrogen and oxygen atoms in total. The monoisotopic (exact) mass is 528 g/mol. The van der Waals surface area contributed by atoms with Crippen LogP contribution in [0.1, 0.15) is 53.1 Å². The number of rotatable bonds is 8. The van der Waals surface area contributed by atoms with Crippen LogP contribution in [0.2, 0.25) is 10.0 Å². The van der Waals surface area contributed by atoms with Gasteiger partial charge in [-0.25, -0.2) is 17.5 Å². The van der Waals surface area contributed by atoms with E-state index in [0.29, 0.717) is 22.4 Å². The Bertz CT molecular complexity index is 1170. The number of piperidine rings is 1. The average Bonchev–Trinajstić information content (AvgIpc) is 3.55. The summed E-state index contributed by atoms with van der Waals surface area (Å²) < 4.78 is 45.4. The van der Waals surface area contributed by atoms with Crippen molar-refractivity contribution in [3.8, 4) is 5.75 Å². The molecule has 2 fully saturated rings. The van der Waals surface area contributed by atoms with Gasteiger partial charge >= 0.3 is 0 Å². The topological polar surface area (TPSA) is 75.7 Å². The molecule has 1 saturated heterocycles. The minimum Gasteiger partial charge on any atom is -0.493 e. The summed E-state index contributed by atoms with van der Waals surface area (Å²) in [5.41, 5.74) is 1.52. The first kappa shape index (κ1) is 25.2. The SMILES string of the molecule is CS(=O)(=O)NC(=O)c1cc(C2CC2)c(OC[C@@H]2CCCN(Cc3cc(Cl)cc(Cl)c3)C2)cc1F. The van der Waals surface area contributed by atoms with Gasteiger partial charge in [0, 0.05) is 35.1 Å². The molecule has 34 heavy (non-hydrogen) atoms. The number of nitrogens with zero attached hydrogens (tertiary/aromatic N) is 1. The van der Waals surface area contributed by atoms with Gasteiger partial charge in [0.15, 0.2) is 0 Å². The molecular formula is C24H27Cl2FN2O4S. The summed E-state index contributed by atoms with van der Waals surface area (Å²) in [7, 11) is -3.79. The van der Waals surface area contributed by atoms with Crippen LogP contribution in [0.3, 0.4) is 0 Å². The molecule has 2 aromatic carbocycles. The molecule has 10 heteroatoms. The Morgan fingerprint density at radius 3 is 2.50 bits per heavy atom. The van der Waals surface area contributed by atoms with E-state index in [4.69, 9.17) is 27.9 Å². The summed E-state index contributed by atoms with van der Waals surface area (Å²) in [6.07, 6.45) is 4.74. The lowest BCUT2D eigenvalue weighted by molar-refractivity contribution is 0.0977. The highest BCUT2D eigenvalue weighted by atomic mass is 35.5. The number of hydrogen-bond donors (Lipinski definition) is 1. The highest BCUT2D eigenvalue weighted by Crippen LogP contribution is 2.45. The maximum absolute atomic E-state index is 14.7. The Hall–Kier alpha value is -1.87. The standard InChI is InChI=1S/C24H27Cl2FN2O4S/c1-34(31,32)28-24(30)21-10-20(17-4-5-17)23(11-22(21)27)33-14-15-3-2-6-29(12-15)13-16-7-18(25)9-19(26)8-16/h7-11,15,17H,2-6,12-14H2,1H3,(H,28,30)/t15-/m1/s1. The number of amides is 1. The van der Waals surface area contributed by atoms with Crippen LogP contribution in [0.4, 0.5) is 4.39 Å². The fourth-order valence-electron chi connectivity index (χ4n) is 4.41. The summed E-state index contributed by atoms with van der Waals surface area (Å²) in [5, 5.41) is 1.23. The number of nitrogens with one attached hydrogen (secondary N) is 1. The highest BCUT2D eigenvalue weighted by molar-refractivity contribution is 7.89. The quantitative estimate of drug-likeness (QED) is 0.522. The third-order valence-electron chi connectivity index (χ3n) is 6.05. The van der Waals surface area contributed by atoms with Crippen molar-refractivity contribution in [1.82, 2.24) is 9.62 Å². The number of ether oxygens (including phenoxy) is 1. The van der Waals surface area contributed by atoms with Crippen molar-refractivity contribution in [2.75, 3.05) is 26.0 Å². The van der Waals surface area contributed by atoms with Crippen LogP contribution in [0.25, 0.3) is 0 Å². The van der Waals surface area contributed by atoms with Gasteiger partial charge in [-0.2, -0.15) is 0 Å². The predicted octanol–water partition coefficient (Wildman–Crippen LogP) is 4.99. The van der Waals surface area contributed by atoms with Gasteiger partial charge in [0.2, 0.25) is 10.0 Å². The largest absolute Gasteiger partial charge is 0.493 e. The molecule has 184 valence electrons. The van der Waals surface area contributed by atoms with E-state index in [-0.39, 0.29) is 17.4 Å². The van der Waals surface area contributed by atoms with Crippen molar-refractivity contribution in [2.24, 2.45) is 5.92 Å². The van der Waals surface area contributed by atoms with Crippen LogP contribution in [-0.2, 0) is 16.6 Å². The second kappa shape index (κ2) is 10.4. The zero-order valence-corrected chi connectivity index (χ0v) is 21.1. The van der Waals surface area contributed by atoms with Crippen molar-refractivity contribution in [3.05, 3.63) is 62.9 Å². The van der Waals surface area contributed by atoms with Gasteiger partial charge in [-0.05, 0) is 73.5 Å². The van der Waals surface area contributed by atoms with Crippen LogP contribution in [-0.4, -0.2) is 45.2 Å². The van der Waals surface area contributed by atoms with E-state index in [0.717, 1.165) is 62.7 Å². The number of hydrogen-bond acceptors (Lipinski definition) is 5. The molecule has 0 unspecified atom stereocenters. The van der Waals surface area contributed by atoms with Crippen molar-refractivity contribution >= 4 is 39.1 Å². The fraction of sp³-hybridized carbons (Fsp3) is 0.458. The molecule has 0 aromatic heterocycles. The van der Waals surface area contributed by atoms with Crippen molar-refractivity contribution in [3.63, 3.8) is 0 Å². The van der Waals surface area contributed by atoms with Gasteiger partial charge in [-0.15, -0.1) is 0 Å². The molecule has 0 spiro atoms. The summed E-state index contributed by atoms with van der Waals surface area (Å²) >= 11 is 12.3. The maximum atomic E-state index is 14.7. The van der Waals surface area contributed by atoms with Crippen molar-refractivity contribution in [2.45, 2.75) is 38.1 Å². The van der Waals surface area contributed by atoms with E-state index >= 15 is 0 Å². The van der Waals surface area contributed by atoms with E-state index in [9.17, 15) is 17.6 Å². The Morgan fingerprint density at radius 1 is 1.15 bits per heavy atom. The first-order chi connectivity index (χ1) is 16.1. The third-order valence-corrected chi connectivity index (χ3v) is 7.04.